The monoisotopic (exact) mass is 236 g/mol. The van der Waals surface area contributed by atoms with Crippen molar-refractivity contribution < 1.29 is 13.5 Å². The molecule has 0 amide bonds. The summed E-state index contributed by atoms with van der Waals surface area (Å²) in [6.45, 7) is 5.33. The summed E-state index contributed by atoms with van der Waals surface area (Å²) < 4.78 is 24.8. The van der Waals surface area contributed by atoms with Gasteiger partial charge in [-0.2, -0.15) is 0 Å². The Morgan fingerprint density at radius 3 is 2.47 bits per heavy atom. The van der Waals surface area contributed by atoms with E-state index in [9.17, 15) is 13.5 Å². The van der Waals surface area contributed by atoms with Crippen molar-refractivity contribution in [2.24, 2.45) is 0 Å². The van der Waals surface area contributed by atoms with Crippen molar-refractivity contribution in [1.82, 2.24) is 9.62 Å². The van der Waals surface area contributed by atoms with Gasteiger partial charge in [0.1, 0.15) is 0 Å². The number of nitrogens with one attached hydrogen (secondary N) is 1. The molecule has 0 aliphatic rings. The molecule has 6 heteroatoms. The molecule has 0 spiro atoms. The zero-order valence-electron chi connectivity index (χ0n) is 9.52. The predicted octanol–water partition coefficient (Wildman–Crippen LogP) is -0.596. The van der Waals surface area contributed by atoms with E-state index in [1.165, 1.54) is 6.08 Å². The van der Waals surface area contributed by atoms with E-state index in [0.717, 1.165) is 0 Å². The lowest BCUT2D eigenvalue weighted by Crippen LogP contribution is -2.47. The molecule has 15 heavy (non-hydrogen) atoms. The van der Waals surface area contributed by atoms with Gasteiger partial charge in [0.15, 0.2) is 0 Å². The highest BCUT2D eigenvalue weighted by molar-refractivity contribution is 7.89. The largest absolute Gasteiger partial charge is 0.387 e. The van der Waals surface area contributed by atoms with E-state index < -0.39 is 15.6 Å². The number of likely N-dealkylation sites (N-methyl/N-ethyl adjacent to an activating group) is 1. The molecular weight excluding hydrogens is 216 g/mol. The van der Waals surface area contributed by atoms with E-state index in [2.05, 4.69) is 11.3 Å². The van der Waals surface area contributed by atoms with E-state index in [0.29, 0.717) is 6.54 Å². The maximum Gasteiger partial charge on any atom is 0.215 e. The highest BCUT2D eigenvalue weighted by Gasteiger charge is 2.23. The Morgan fingerprint density at radius 2 is 2.07 bits per heavy atom. The molecule has 0 saturated carbocycles. The molecule has 5 nitrogen and oxygen atoms in total. The Morgan fingerprint density at radius 1 is 1.53 bits per heavy atom. The normalized spacial score (nSPS) is 16.3. The second-order valence-corrected chi connectivity index (χ2v) is 5.98. The van der Waals surface area contributed by atoms with Crippen molar-refractivity contribution in [2.75, 3.05) is 32.9 Å². The third-order valence-electron chi connectivity index (χ3n) is 1.67. The lowest BCUT2D eigenvalue weighted by atomic mass is 10.1. The Kier molecular flexibility index (Phi) is 5.44. The molecule has 0 aliphatic heterocycles. The van der Waals surface area contributed by atoms with Gasteiger partial charge < -0.3 is 10.0 Å². The van der Waals surface area contributed by atoms with Gasteiger partial charge >= 0.3 is 0 Å². The summed E-state index contributed by atoms with van der Waals surface area (Å²) in [5.74, 6) is -0.134. The molecule has 0 radical (unpaired) electrons. The van der Waals surface area contributed by atoms with Gasteiger partial charge in [0.2, 0.25) is 10.0 Å². The smallest absolute Gasteiger partial charge is 0.215 e. The van der Waals surface area contributed by atoms with E-state index in [-0.39, 0.29) is 12.3 Å². The number of rotatable bonds is 7. The van der Waals surface area contributed by atoms with Crippen molar-refractivity contribution in [3.8, 4) is 0 Å². The molecule has 0 heterocycles. The third-order valence-corrected chi connectivity index (χ3v) is 2.93. The number of aliphatic hydroxyl groups is 1. The third kappa shape index (κ3) is 7.49. The quantitative estimate of drug-likeness (QED) is 0.579. The second-order valence-electron chi connectivity index (χ2n) is 4.13. The topological polar surface area (TPSA) is 69.6 Å². The summed E-state index contributed by atoms with van der Waals surface area (Å²) in [4.78, 5) is 1.79. The number of hydrogen-bond acceptors (Lipinski definition) is 4. The summed E-state index contributed by atoms with van der Waals surface area (Å²) in [7, 11) is 0.277. The van der Waals surface area contributed by atoms with Gasteiger partial charge in [-0.15, -0.1) is 6.58 Å². The zero-order chi connectivity index (χ0) is 12.1. The Balaban J connectivity index is 4.19. The zero-order valence-corrected chi connectivity index (χ0v) is 10.3. The minimum Gasteiger partial charge on any atom is -0.387 e. The van der Waals surface area contributed by atoms with Crippen molar-refractivity contribution in [3.63, 3.8) is 0 Å². The van der Waals surface area contributed by atoms with Gasteiger partial charge in [-0.1, -0.05) is 6.08 Å². The maximum absolute atomic E-state index is 11.3. The Hall–Kier alpha value is -0.430. The molecule has 0 aromatic carbocycles. The minimum atomic E-state index is -3.35. The first-order valence-electron chi connectivity index (χ1n) is 4.64. The molecule has 1 unspecified atom stereocenters. The lowest BCUT2D eigenvalue weighted by Gasteiger charge is -2.26. The van der Waals surface area contributed by atoms with Crippen LogP contribution in [-0.2, 0) is 10.0 Å². The molecule has 1 atom stereocenters. The molecule has 0 aromatic heterocycles. The van der Waals surface area contributed by atoms with Gasteiger partial charge in [-0.05, 0) is 21.0 Å². The Bertz CT molecular complexity index is 296. The first kappa shape index (κ1) is 14.6. The molecule has 0 saturated heterocycles. The molecule has 0 fully saturated rings. The summed E-state index contributed by atoms with van der Waals surface area (Å²) in [5, 5.41) is 9.82. The summed E-state index contributed by atoms with van der Waals surface area (Å²) in [6, 6.07) is 0. The van der Waals surface area contributed by atoms with Crippen LogP contribution in [-0.4, -0.2) is 57.0 Å². The van der Waals surface area contributed by atoms with Crippen molar-refractivity contribution in [1.29, 1.82) is 0 Å². The van der Waals surface area contributed by atoms with Crippen LogP contribution in [0.2, 0.25) is 0 Å². The fourth-order valence-corrected chi connectivity index (χ4v) is 2.18. The average molecular weight is 236 g/mol. The van der Waals surface area contributed by atoms with Crippen LogP contribution in [0.25, 0.3) is 0 Å². The molecule has 0 aliphatic carbocycles. The van der Waals surface area contributed by atoms with Crippen molar-refractivity contribution in [3.05, 3.63) is 12.7 Å². The van der Waals surface area contributed by atoms with Crippen molar-refractivity contribution in [2.45, 2.75) is 12.5 Å². The SMILES string of the molecule is C=CCS(=O)(=O)NCC(C)(O)CN(C)C. The first-order chi connectivity index (χ1) is 6.68. The van der Waals surface area contributed by atoms with Crippen LogP contribution < -0.4 is 4.72 Å². The van der Waals surface area contributed by atoms with Gasteiger partial charge in [-0.3, -0.25) is 0 Å². The van der Waals surface area contributed by atoms with Crippen LogP contribution in [0, 0.1) is 0 Å². The maximum atomic E-state index is 11.3. The number of sulfonamides is 1. The van der Waals surface area contributed by atoms with Crippen LogP contribution in [0.15, 0.2) is 12.7 Å². The molecule has 0 bridgehead atoms. The minimum absolute atomic E-state index is 0.00134. The summed E-state index contributed by atoms with van der Waals surface area (Å²) >= 11 is 0. The molecule has 90 valence electrons. The van der Waals surface area contributed by atoms with E-state index >= 15 is 0 Å². The Labute approximate surface area is 91.8 Å². The van der Waals surface area contributed by atoms with E-state index in [1.54, 1.807) is 11.8 Å². The van der Waals surface area contributed by atoms with Gasteiger partial charge in [0.25, 0.3) is 0 Å². The van der Waals surface area contributed by atoms with E-state index in [4.69, 9.17) is 0 Å². The lowest BCUT2D eigenvalue weighted by molar-refractivity contribution is 0.0386. The second kappa shape index (κ2) is 5.60. The number of nitrogens with zero attached hydrogens (tertiary/aromatic N) is 1. The van der Waals surface area contributed by atoms with Crippen molar-refractivity contribution >= 4 is 10.0 Å². The standard InChI is InChI=1S/C9H20N2O3S/c1-5-6-15(13,14)10-7-9(2,12)8-11(3)4/h5,10,12H,1,6-8H2,2-4H3. The number of hydrogen-bond donors (Lipinski definition) is 2. The fourth-order valence-electron chi connectivity index (χ4n) is 1.22. The van der Waals surface area contributed by atoms with Crippen LogP contribution in [0.3, 0.4) is 0 Å². The highest BCUT2D eigenvalue weighted by atomic mass is 32.2. The van der Waals surface area contributed by atoms with Gasteiger partial charge in [0.05, 0.1) is 11.4 Å². The molecule has 0 rings (SSSR count). The summed E-state index contributed by atoms with van der Waals surface area (Å²) in [6.07, 6.45) is 1.31. The molecular formula is C9H20N2O3S. The highest BCUT2D eigenvalue weighted by Crippen LogP contribution is 2.03. The fraction of sp³-hybridized carbons (Fsp3) is 0.778. The van der Waals surface area contributed by atoms with Gasteiger partial charge in [-0.25, -0.2) is 13.1 Å². The predicted molar refractivity (Wildman–Crippen MR) is 61.2 cm³/mol. The van der Waals surface area contributed by atoms with Crippen LogP contribution in [0.5, 0.6) is 0 Å². The summed E-state index contributed by atoms with van der Waals surface area (Å²) in [5.41, 5.74) is -1.07. The molecule has 2 N–H and O–H groups in total. The van der Waals surface area contributed by atoms with Crippen LogP contribution in [0.4, 0.5) is 0 Å². The van der Waals surface area contributed by atoms with E-state index in [1.807, 2.05) is 14.1 Å². The first-order valence-corrected chi connectivity index (χ1v) is 6.29. The van der Waals surface area contributed by atoms with Crippen LogP contribution in [0.1, 0.15) is 6.92 Å². The average Bonchev–Trinajstić information content (AvgIpc) is 1.99. The van der Waals surface area contributed by atoms with Gasteiger partial charge in [0, 0.05) is 13.1 Å². The molecule has 0 aromatic rings. The van der Waals surface area contributed by atoms with Crippen LogP contribution >= 0.6 is 0 Å².